The topological polar surface area (TPSA) is 84.9 Å². The number of rotatable bonds is 4. The summed E-state index contributed by atoms with van der Waals surface area (Å²) < 4.78 is 11.8. The van der Waals surface area contributed by atoms with E-state index in [9.17, 15) is 14.7 Å². The van der Waals surface area contributed by atoms with Gasteiger partial charge in [-0.1, -0.05) is 20.3 Å². The van der Waals surface area contributed by atoms with Gasteiger partial charge >= 0.3 is 5.97 Å². The van der Waals surface area contributed by atoms with Gasteiger partial charge in [0.2, 0.25) is 0 Å². The van der Waals surface area contributed by atoms with Gasteiger partial charge < -0.3 is 19.9 Å². The quantitative estimate of drug-likeness (QED) is 0.502. The largest absolute Gasteiger partial charge is 0.503 e. The van der Waals surface area contributed by atoms with E-state index in [-0.39, 0.29) is 34.8 Å². The fraction of sp³-hybridized carbons (Fsp3) is 0.538. The van der Waals surface area contributed by atoms with Crippen molar-refractivity contribution in [2.75, 3.05) is 7.11 Å². The molecule has 1 aromatic carbocycles. The van der Waals surface area contributed by atoms with Crippen molar-refractivity contribution in [1.82, 2.24) is 5.32 Å². The first kappa shape index (κ1) is 23.9. The Morgan fingerprint density at radius 3 is 2.55 bits per heavy atom. The minimum absolute atomic E-state index is 0.0208. The van der Waals surface area contributed by atoms with E-state index < -0.39 is 5.92 Å². The first-order valence-corrected chi connectivity index (χ1v) is 12.4. The van der Waals surface area contributed by atoms with E-state index in [1.165, 1.54) is 13.5 Å². The lowest BCUT2D eigenvalue weighted by Gasteiger charge is -2.39. The molecule has 178 valence electrons. The molecule has 4 rings (SSSR count). The molecule has 33 heavy (non-hydrogen) atoms. The fourth-order valence-corrected chi connectivity index (χ4v) is 5.81. The van der Waals surface area contributed by atoms with Gasteiger partial charge in [-0.05, 0) is 78.1 Å². The molecule has 0 amide bonds. The van der Waals surface area contributed by atoms with E-state index in [1.807, 2.05) is 6.92 Å². The van der Waals surface area contributed by atoms with Crippen LogP contribution < -0.4 is 10.1 Å². The number of ketones is 1. The van der Waals surface area contributed by atoms with Crippen LogP contribution >= 0.6 is 15.9 Å². The lowest BCUT2D eigenvalue weighted by atomic mass is 9.68. The van der Waals surface area contributed by atoms with Crippen LogP contribution in [0.1, 0.15) is 77.2 Å². The molecular weight excluding hydrogens is 486 g/mol. The number of phenols is 1. The Kier molecular flexibility index (Phi) is 6.63. The molecule has 7 heteroatoms. The van der Waals surface area contributed by atoms with Crippen LogP contribution in [0, 0.1) is 5.41 Å². The Morgan fingerprint density at radius 2 is 1.88 bits per heavy atom. The van der Waals surface area contributed by atoms with Crippen molar-refractivity contribution in [2.24, 2.45) is 5.41 Å². The number of esters is 1. The van der Waals surface area contributed by atoms with Gasteiger partial charge in [0.1, 0.15) is 6.10 Å². The number of carbonyl (C=O) groups is 2. The summed E-state index contributed by atoms with van der Waals surface area (Å²) in [5.41, 5.74) is 3.15. The van der Waals surface area contributed by atoms with Gasteiger partial charge in [-0.15, -0.1) is 0 Å². The molecule has 0 spiro atoms. The van der Waals surface area contributed by atoms with Crippen LogP contribution in [0.15, 0.2) is 39.1 Å². The zero-order valence-corrected chi connectivity index (χ0v) is 21.3. The summed E-state index contributed by atoms with van der Waals surface area (Å²) in [5, 5.41) is 13.7. The summed E-state index contributed by atoms with van der Waals surface area (Å²) in [6.45, 7) is 6.03. The number of allylic oxidation sites excluding steroid dienone is 3. The number of Topliss-reactive ketones (excluding diaryl/α,β-unsaturated/α-hetero) is 1. The number of methoxy groups -OCH3 is 1. The van der Waals surface area contributed by atoms with Gasteiger partial charge in [0.05, 0.1) is 17.2 Å². The number of dihydropyridines is 1. The third-order valence-electron chi connectivity index (χ3n) is 6.89. The summed E-state index contributed by atoms with van der Waals surface area (Å²) >= 11 is 3.40. The first-order chi connectivity index (χ1) is 15.6. The lowest BCUT2D eigenvalue weighted by molar-refractivity contribution is -0.146. The van der Waals surface area contributed by atoms with E-state index in [0.29, 0.717) is 39.7 Å². The highest BCUT2D eigenvalue weighted by Crippen LogP contribution is 2.49. The third-order valence-corrected chi connectivity index (χ3v) is 7.49. The van der Waals surface area contributed by atoms with Gasteiger partial charge in [-0.25, -0.2) is 4.79 Å². The number of carbonyl (C=O) groups excluding carboxylic acids is 2. The summed E-state index contributed by atoms with van der Waals surface area (Å²) in [4.78, 5) is 27.0. The number of phenolic OH excluding ortho intramolecular Hbond substituents is 1. The maximum absolute atomic E-state index is 13.5. The standard InChI is InChI=1S/C26H32BrNO5/c1-14-21(25(31)33-16-8-6-5-7-9-16)22(15-10-17(27)24(30)20(11-15)32-4)23-18(28-14)12-26(2,3)13-19(23)29/h10-11,16,22,28,30H,5-9,12-13H2,1-4H3/t22-/m0/s1. The number of halogens is 1. The zero-order chi connectivity index (χ0) is 23.9. The highest BCUT2D eigenvalue weighted by molar-refractivity contribution is 9.10. The molecule has 1 saturated carbocycles. The van der Waals surface area contributed by atoms with E-state index >= 15 is 0 Å². The predicted molar refractivity (Wildman–Crippen MR) is 129 cm³/mol. The van der Waals surface area contributed by atoms with Crippen LogP contribution in [0.25, 0.3) is 0 Å². The number of hydrogen-bond donors (Lipinski definition) is 2. The van der Waals surface area contributed by atoms with Crippen molar-refractivity contribution < 1.29 is 24.2 Å². The highest BCUT2D eigenvalue weighted by Gasteiger charge is 2.43. The number of benzene rings is 1. The molecule has 2 N–H and O–H groups in total. The van der Waals surface area contributed by atoms with Crippen LogP contribution in [0.5, 0.6) is 11.5 Å². The minimum atomic E-state index is -0.591. The smallest absolute Gasteiger partial charge is 0.337 e. The minimum Gasteiger partial charge on any atom is -0.503 e. The van der Waals surface area contributed by atoms with Gasteiger partial charge in [0.15, 0.2) is 17.3 Å². The monoisotopic (exact) mass is 517 g/mol. The number of aromatic hydroxyl groups is 1. The van der Waals surface area contributed by atoms with Gasteiger partial charge in [0, 0.05) is 29.3 Å². The van der Waals surface area contributed by atoms with Crippen molar-refractivity contribution >= 4 is 27.7 Å². The van der Waals surface area contributed by atoms with E-state index in [1.54, 1.807) is 12.1 Å². The van der Waals surface area contributed by atoms with Gasteiger partial charge in [-0.3, -0.25) is 4.79 Å². The van der Waals surface area contributed by atoms with Crippen molar-refractivity contribution in [2.45, 2.75) is 77.7 Å². The predicted octanol–water partition coefficient (Wildman–Crippen LogP) is 5.64. The van der Waals surface area contributed by atoms with Crippen molar-refractivity contribution in [1.29, 1.82) is 0 Å². The molecule has 1 atom stereocenters. The Morgan fingerprint density at radius 1 is 1.18 bits per heavy atom. The van der Waals surface area contributed by atoms with Gasteiger partial charge in [-0.2, -0.15) is 0 Å². The van der Waals surface area contributed by atoms with Crippen molar-refractivity contribution in [3.8, 4) is 11.5 Å². The first-order valence-electron chi connectivity index (χ1n) is 11.6. The van der Waals surface area contributed by atoms with Crippen LogP contribution in [-0.2, 0) is 14.3 Å². The second-order valence-electron chi connectivity index (χ2n) is 10.1. The Balaban J connectivity index is 1.82. The molecule has 1 aromatic rings. The Labute approximate surface area is 203 Å². The number of ether oxygens (including phenoxy) is 2. The zero-order valence-electron chi connectivity index (χ0n) is 19.7. The fourth-order valence-electron chi connectivity index (χ4n) is 5.35. The normalized spacial score (nSPS) is 23.2. The molecule has 0 radical (unpaired) electrons. The van der Waals surface area contributed by atoms with Gasteiger partial charge in [0.25, 0.3) is 0 Å². The summed E-state index contributed by atoms with van der Waals surface area (Å²) in [6.07, 6.45) is 6.05. The summed E-state index contributed by atoms with van der Waals surface area (Å²) in [6, 6.07) is 3.46. The molecule has 1 aliphatic heterocycles. The van der Waals surface area contributed by atoms with Crippen LogP contribution in [0.3, 0.4) is 0 Å². The second kappa shape index (κ2) is 9.16. The molecule has 6 nitrogen and oxygen atoms in total. The van der Waals surface area contributed by atoms with Crippen LogP contribution in [0.2, 0.25) is 0 Å². The molecule has 0 aromatic heterocycles. The molecule has 2 aliphatic carbocycles. The van der Waals surface area contributed by atoms with Crippen molar-refractivity contribution in [3.05, 3.63) is 44.7 Å². The number of hydrogen-bond acceptors (Lipinski definition) is 6. The van der Waals surface area contributed by atoms with Crippen LogP contribution in [0.4, 0.5) is 0 Å². The van der Waals surface area contributed by atoms with E-state index in [0.717, 1.165) is 31.4 Å². The van der Waals surface area contributed by atoms with Crippen LogP contribution in [-0.4, -0.2) is 30.1 Å². The maximum Gasteiger partial charge on any atom is 0.337 e. The molecule has 1 heterocycles. The van der Waals surface area contributed by atoms with E-state index in [4.69, 9.17) is 9.47 Å². The number of nitrogens with one attached hydrogen (secondary N) is 1. The summed E-state index contributed by atoms with van der Waals surface area (Å²) in [5.74, 6) is -0.692. The lowest BCUT2D eigenvalue weighted by Crippen LogP contribution is -2.39. The maximum atomic E-state index is 13.5. The average molecular weight is 518 g/mol. The molecule has 1 fully saturated rings. The molecule has 3 aliphatic rings. The molecular formula is C26H32BrNO5. The molecule has 0 saturated heterocycles. The van der Waals surface area contributed by atoms with Crippen molar-refractivity contribution in [3.63, 3.8) is 0 Å². The summed E-state index contributed by atoms with van der Waals surface area (Å²) in [7, 11) is 1.48. The molecule has 0 bridgehead atoms. The Hall–Kier alpha value is -2.28. The highest BCUT2D eigenvalue weighted by atomic mass is 79.9. The molecule has 0 unspecified atom stereocenters. The SMILES string of the molecule is COc1cc([C@H]2C(C(=O)OC3CCCCC3)=C(C)NC3=C2C(=O)CC(C)(C)C3)cc(Br)c1O. The Bertz CT molecular complexity index is 1050. The third kappa shape index (κ3) is 4.70. The second-order valence-corrected chi connectivity index (χ2v) is 11.0. The van der Waals surface area contributed by atoms with E-state index in [2.05, 4.69) is 35.1 Å². The average Bonchev–Trinajstić information content (AvgIpc) is 2.74.